The third-order valence-electron chi connectivity index (χ3n) is 4.08. The predicted octanol–water partition coefficient (Wildman–Crippen LogP) is 2.63. The van der Waals surface area contributed by atoms with E-state index in [0.29, 0.717) is 6.54 Å². The largest absolute Gasteiger partial charge is 0.488 e. The third-order valence-corrected chi connectivity index (χ3v) is 4.76. The van der Waals surface area contributed by atoms with Crippen LogP contribution in [0, 0.1) is 5.92 Å². The van der Waals surface area contributed by atoms with Gasteiger partial charge in [0.2, 0.25) is 5.78 Å². The predicted molar refractivity (Wildman–Crippen MR) is 97.2 cm³/mol. The second-order valence-electron chi connectivity index (χ2n) is 6.04. The van der Waals surface area contributed by atoms with E-state index in [0.717, 1.165) is 12.8 Å². The fourth-order valence-corrected chi connectivity index (χ4v) is 3.13. The van der Waals surface area contributed by atoms with Crippen LogP contribution in [0.25, 0.3) is 0 Å². The van der Waals surface area contributed by atoms with Crippen molar-refractivity contribution >= 4 is 34.8 Å². The number of Topliss-reactive ketones (excluding diaryl/α,β-unsaturated/α-hetero) is 2. The Morgan fingerprint density at radius 2 is 2.11 bits per heavy atom. The van der Waals surface area contributed by atoms with Crippen molar-refractivity contribution in [1.82, 2.24) is 20.2 Å². The lowest BCUT2D eigenvalue weighted by atomic mass is 10.00. The molecule has 0 saturated heterocycles. The fraction of sp³-hybridized carbons (Fsp3) is 0.471. The molecular weight excluding hydrogens is 395 g/mol. The van der Waals surface area contributed by atoms with Crippen molar-refractivity contribution in [3.63, 3.8) is 0 Å². The van der Waals surface area contributed by atoms with Crippen LogP contribution in [0.3, 0.4) is 0 Å². The molecular formula is C17H18Cl2N4O4. The van der Waals surface area contributed by atoms with Gasteiger partial charge < -0.3 is 9.47 Å². The van der Waals surface area contributed by atoms with Gasteiger partial charge in [0.05, 0.1) is 16.6 Å². The van der Waals surface area contributed by atoms with E-state index in [-0.39, 0.29) is 46.3 Å². The summed E-state index contributed by atoms with van der Waals surface area (Å²) in [6, 6.07) is 2.99. The zero-order valence-corrected chi connectivity index (χ0v) is 16.1. The first-order chi connectivity index (χ1) is 13.0. The number of hydrogen-bond acceptors (Lipinski definition) is 7. The van der Waals surface area contributed by atoms with Gasteiger partial charge >= 0.3 is 0 Å². The molecule has 1 fully saturated rings. The highest BCUT2D eigenvalue weighted by molar-refractivity contribution is 6.39. The topological polar surface area (TPSA) is 96.2 Å². The minimum atomic E-state index is -1.16. The number of carbonyl (C=O) groups excluding carboxylic acids is 2. The van der Waals surface area contributed by atoms with E-state index in [1.165, 1.54) is 23.1 Å². The van der Waals surface area contributed by atoms with Gasteiger partial charge in [-0.2, -0.15) is 0 Å². The number of benzene rings is 1. The molecule has 1 aliphatic carbocycles. The number of tetrazole rings is 1. The highest BCUT2D eigenvalue weighted by Gasteiger charge is 2.39. The van der Waals surface area contributed by atoms with Crippen LogP contribution >= 0.6 is 23.2 Å². The molecule has 8 nitrogen and oxygen atoms in total. The lowest BCUT2D eigenvalue weighted by Crippen LogP contribution is -2.34. The van der Waals surface area contributed by atoms with E-state index < -0.39 is 11.9 Å². The minimum absolute atomic E-state index is 0.0533. The summed E-state index contributed by atoms with van der Waals surface area (Å²) in [6.07, 6.45) is 1.86. The van der Waals surface area contributed by atoms with Crippen molar-refractivity contribution in [3.8, 4) is 5.75 Å². The van der Waals surface area contributed by atoms with Gasteiger partial charge in [0.1, 0.15) is 12.9 Å². The van der Waals surface area contributed by atoms with Crippen LogP contribution in [0.5, 0.6) is 5.75 Å². The number of rotatable bonds is 10. The van der Waals surface area contributed by atoms with Crippen molar-refractivity contribution in [3.05, 3.63) is 34.1 Å². The fourth-order valence-electron chi connectivity index (χ4n) is 2.56. The second-order valence-corrected chi connectivity index (χ2v) is 6.82. The Morgan fingerprint density at radius 1 is 1.33 bits per heavy atom. The lowest BCUT2D eigenvalue weighted by Gasteiger charge is -2.17. The summed E-state index contributed by atoms with van der Waals surface area (Å²) in [4.78, 5) is 25.3. The molecule has 1 saturated carbocycles. The van der Waals surface area contributed by atoms with Gasteiger partial charge in [-0.3, -0.25) is 9.59 Å². The van der Waals surface area contributed by atoms with E-state index in [1.54, 1.807) is 6.92 Å². The normalized spacial score (nSPS) is 14.8. The molecule has 1 unspecified atom stereocenters. The molecule has 1 aromatic carbocycles. The van der Waals surface area contributed by atoms with Crippen LogP contribution in [0.15, 0.2) is 18.5 Å². The number of nitrogens with zero attached hydrogens (tertiary/aromatic N) is 4. The van der Waals surface area contributed by atoms with Gasteiger partial charge in [0.25, 0.3) is 0 Å². The second kappa shape index (κ2) is 8.77. The molecule has 0 amide bonds. The molecule has 1 aliphatic rings. The Balaban J connectivity index is 1.78. The number of hydrogen-bond donors (Lipinski definition) is 0. The van der Waals surface area contributed by atoms with Gasteiger partial charge in [-0.1, -0.05) is 23.2 Å². The molecule has 0 aliphatic heterocycles. The smallest absolute Gasteiger partial charge is 0.200 e. The van der Waals surface area contributed by atoms with Gasteiger partial charge in [-0.05, 0) is 42.3 Å². The number of ether oxygens (including phenoxy) is 2. The van der Waals surface area contributed by atoms with E-state index in [9.17, 15) is 9.59 Å². The average molecular weight is 413 g/mol. The minimum Gasteiger partial charge on any atom is -0.488 e. The van der Waals surface area contributed by atoms with E-state index in [1.807, 2.05) is 0 Å². The Kier molecular flexibility index (Phi) is 6.41. The van der Waals surface area contributed by atoms with Gasteiger partial charge in [-0.25, -0.2) is 4.68 Å². The molecule has 144 valence electrons. The molecule has 1 atom stereocenters. The Hall–Kier alpha value is -2.03. The van der Waals surface area contributed by atoms with Crippen LogP contribution in [0.2, 0.25) is 10.0 Å². The van der Waals surface area contributed by atoms with Crippen molar-refractivity contribution in [2.24, 2.45) is 5.92 Å². The summed E-state index contributed by atoms with van der Waals surface area (Å²) in [6.45, 7) is 2.55. The molecule has 0 radical (unpaired) electrons. The molecule has 0 N–H and O–H groups in total. The number of aromatic nitrogens is 4. The standard InChI is InChI=1S/C17H18Cl2N4O4/c1-2-26-17(14(24)10-3-4-10)15(25)11-5-6-12(18)16(13(11)19)27-8-7-23-9-20-21-22-23/h5-6,9-10,17H,2-4,7-8H2,1H3. The summed E-state index contributed by atoms with van der Waals surface area (Å²) in [5, 5.41) is 11.1. The zero-order chi connectivity index (χ0) is 19.4. The van der Waals surface area contributed by atoms with Crippen molar-refractivity contribution in [2.75, 3.05) is 13.2 Å². The Bertz CT molecular complexity index is 825. The highest BCUT2D eigenvalue weighted by Crippen LogP contribution is 2.37. The van der Waals surface area contributed by atoms with Crippen LogP contribution in [-0.2, 0) is 16.1 Å². The maximum absolute atomic E-state index is 12.9. The maximum atomic E-state index is 12.9. The van der Waals surface area contributed by atoms with Gasteiger partial charge in [-0.15, -0.1) is 5.10 Å². The van der Waals surface area contributed by atoms with E-state index in [4.69, 9.17) is 32.7 Å². The summed E-state index contributed by atoms with van der Waals surface area (Å²) in [7, 11) is 0. The van der Waals surface area contributed by atoms with Crippen molar-refractivity contribution in [1.29, 1.82) is 0 Å². The Labute approximate surface area is 165 Å². The molecule has 3 rings (SSSR count). The van der Waals surface area contributed by atoms with Gasteiger partial charge in [0.15, 0.2) is 17.6 Å². The molecule has 1 aromatic heterocycles. The molecule has 27 heavy (non-hydrogen) atoms. The number of ketones is 2. The summed E-state index contributed by atoms with van der Waals surface area (Å²) in [5.74, 6) is -0.621. The van der Waals surface area contributed by atoms with E-state index in [2.05, 4.69) is 15.5 Å². The lowest BCUT2D eigenvalue weighted by molar-refractivity contribution is -0.128. The quantitative estimate of drug-likeness (QED) is 0.436. The van der Waals surface area contributed by atoms with Crippen LogP contribution < -0.4 is 4.74 Å². The first-order valence-electron chi connectivity index (χ1n) is 8.54. The van der Waals surface area contributed by atoms with Crippen LogP contribution in [-0.4, -0.2) is 51.1 Å². The monoisotopic (exact) mass is 412 g/mol. The van der Waals surface area contributed by atoms with Crippen LogP contribution in [0.1, 0.15) is 30.1 Å². The SMILES string of the molecule is CCOC(C(=O)c1ccc(Cl)c(OCCn2cnnn2)c1Cl)C(=O)C1CC1. The van der Waals surface area contributed by atoms with Crippen molar-refractivity contribution in [2.45, 2.75) is 32.4 Å². The molecule has 2 aromatic rings. The first kappa shape index (κ1) is 19.7. The summed E-state index contributed by atoms with van der Waals surface area (Å²) >= 11 is 12.5. The number of halogens is 2. The van der Waals surface area contributed by atoms with Gasteiger partial charge in [0, 0.05) is 18.1 Å². The average Bonchev–Trinajstić information content (AvgIpc) is 3.38. The molecule has 1 heterocycles. The summed E-state index contributed by atoms with van der Waals surface area (Å²) in [5.41, 5.74) is 0.144. The molecule has 0 bridgehead atoms. The van der Waals surface area contributed by atoms with Crippen molar-refractivity contribution < 1.29 is 19.1 Å². The third kappa shape index (κ3) is 4.63. The van der Waals surface area contributed by atoms with E-state index >= 15 is 0 Å². The molecule has 10 heteroatoms. The molecule has 0 spiro atoms. The maximum Gasteiger partial charge on any atom is 0.200 e. The summed E-state index contributed by atoms with van der Waals surface area (Å²) < 4.78 is 12.5. The van der Waals surface area contributed by atoms with Crippen LogP contribution in [0.4, 0.5) is 0 Å². The number of carbonyl (C=O) groups is 2. The highest BCUT2D eigenvalue weighted by atomic mass is 35.5. The zero-order valence-electron chi connectivity index (χ0n) is 14.6. The first-order valence-corrected chi connectivity index (χ1v) is 9.29. The Morgan fingerprint density at radius 3 is 2.74 bits per heavy atom.